The van der Waals surface area contributed by atoms with Crippen molar-refractivity contribution in [1.29, 1.82) is 0 Å². The van der Waals surface area contributed by atoms with Crippen molar-refractivity contribution >= 4 is 11.9 Å². The Morgan fingerprint density at radius 3 is 2.74 bits per heavy atom. The molecule has 0 radical (unpaired) electrons. The molecule has 1 heterocycles. The Morgan fingerprint density at radius 2 is 2.21 bits per heavy atom. The van der Waals surface area contributed by atoms with Gasteiger partial charge in [-0.2, -0.15) is 0 Å². The molecule has 0 amide bonds. The molecule has 1 aromatic rings. The number of rotatable bonds is 7. The van der Waals surface area contributed by atoms with Crippen molar-refractivity contribution < 1.29 is 9.90 Å². The van der Waals surface area contributed by atoms with Crippen LogP contribution >= 0.6 is 0 Å². The van der Waals surface area contributed by atoms with Crippen LogP contribution in [0.3, 0.4) is 0 Å². The fraction of sp³-hybridized carbons (Fsp3) is 0.615. The molecule has 0 aliphatic heterocycles. The van der Waals surface area contributed by atoms with Crippen molar-refractivity contribution in [1.82, 2.24) is 14.9 Å². The van der Waals surface area contributed by atoms with Crippen molar-refractivity contribution in [3.8, 4) is 0 Å². The Kier molecular flexibility index (Phi) is 5.69. The SMILES string of the molecule is Cc1nc(NCCCN(C)C(C)C)ncc1C(=O)O. The summed E-state index contributed by atoms with van der Waals surface area (Å²) in [5.74, 6) is -0.516. The fourth-order valence-electron chi connectivity index (χ4n) is 1.55. The monoisotopic (exact) mass is 266 g/mol. The Hall–Kier alpha value is -1.69. The number of hydrogen-bond donors (Lipinski definition) is 2. The number of anilines is 1. The first-order chi connectivity index (χ1) is 8.91. The molecule has 2 N–H and O–H groups in total. The third kappa shape index (κ3) is 4.82. The zero-order valence-electron chi connectivity index (χ0n) is 12.0. The minimum absolute atomic E-state index is 0.144. The van der Waals surface area contributed by atoms with Gasteiger partial charge in [0.25, 0.3) is 0 Å². The van der Waals surface area contributed by atoms with Crippen LogP contribution in [0.15, 0.2) is 6.20 Å². The summed E-state index contributed by atoms with van der Waals surface area (Å²) in [5.41, 5.74) is 0.620. The lowest BCUT2D eigenvalue weighted by atomic mass is 10.2. The number of aryl methyl sites for hydroxylation is 1. The second-order valence-corrected chi connectivity index (χ2v) is 4.85. The molecular formula is C13H22N4O2. The molecule has 0 aliphatic carbocycles. The summed E-state index contributed by atoms with van der Waals surface area (Å²) in [4.78, 5) is 21.2. The molecule has 0 bridgehead atoms. The average Bonchev–Trinajstić information content (AvgIpc) is 2.33. The first-order valence-electron chi connectivity index (χ1n) is 6.43. The Bertz CT molecular complexity index is 435. The standard InChI is InChI=1S/C13H22N4O2/c1-9(2)17(4)7-5-6-14-13-15-8-11(12(18)19)10(3)16-13/h8-9H,5-7H2,1-4H3,(H,18,19)(H,14,15,16). The third-order valence-electron chi connectivity index (χ3n) is 3.06. The number of nitrogens with zero attached hydrogens (tertiary/aromatic N) is 3. The number of carbonyl (C=O) groups is 1. The summed E-state index contributed by atoms with van der Waals surface area (Å²) in [7, 11) is 2.09. The molecule has 6 nitrogen and oxygen atoms in total. The van der Waals surface area contributed by atoms with Crippen LogP contribution in [-0.4, -0.2) is 52.1 Å². The predicted octanol–water partition coefficient (Wildman–Crippen LogP) is 1.63. The number of aromatic nitrogens is 2. The molecule has 19 heavy (non-hydrogen) atoms. The summed E-state index contributed by atoms with van der Waals surface area (Å²) in [6, 6.07) is 0.536. The zero-order chi connectivity index (χ0) is 14.4. The van der Waals surface area contributed by atoms with Crippen LogP contribution in [0.2, 0.25) is 0 Å². The van der Waals surface area contributed by atoms with Crippen LogP contribution in [0.1, 0.15) is 36.3 Å². The van der Waals surface area contributed by atoms with E-state index >= 15 is 0 Å². The van der Waals surface area contributed by atoms with Crippen molar-refractivity contribution in [3.63, 3.8) is 0 Å². The van der Waals surface area contributed by atoms with Gasteiger partial charge >= 0.3 is 5.97 Å². The minimum atomic E-state index is -0.998. The van der Waals surface area contributed by atoms with Gasteiger partial charge in [0.2, 0.25) is 5.95 Å². The largest absolute Gasteiger partial charge is 0.478 e. The van der Waals surface area contributed by atoms with Crippen LogP contribution in [-0.2, 0) is 0 Å². The number of carboxylic acids is 1. The van der Waals surface area contributed by atoms with Gasteiger partial charge in [-0.3, -0.25) is 0 Å². The summed E-state index contributed by atoms with van der Waals surface area (Å²) in [5, 5.41) is 12.0. The van der Waals surface area contributed by atoms with Gasteiger partial charge in [-0.05, 0) is 40.8 Å². The summed E-state index contributed by atoms with van der Waals surface area (Å²) >= 11 is 0. The molecule has 0 saturated carbocycles. The number of nitrogens with one attached hydrogen (secondary N) is 1. The second kappa shape index (κ2) is 7.04. The van der Waals surface area contributed by atoms with E-state index in [1.54, 1.807) is 6.92 Å². The number of carboxylic acid groups (broad SMARTS) is 1. The maximum atomic E-state index is 10.8. The first-order valence-corrected chi connectivity index (χ1v) is 6.43. The third-order valence-corrected chi connectivity index (χ3v) is 3.06. The molecule has 0 fully saturated rings. The second-order valence-electron chi connectivity index (χ2n) is 4.85. The van der Waals surface area contributed by atoms with E-state index in [2.05, 4.69) is 41.1 Å². The molecule has 6 heteroatoms. The summed E-state index contributed by atoms with van der Waals surface area (Å²) < 4.78 is 0. The van der Waals surface area contributed by atoms with E-state index in [0.717, 1.165) is 19.5 Å². The van der Waals surface area contributed by atoms with Gasteiger partial charge in [0.15, 0.2) is 0 Å². The molecule has 106 valence electrons. The van der Waals surface area contributed by atoms with Crippen LogP contribution in [0.4, 0.5) is 5.95 Å². The van der Waals surface area contributed by atoms with Gasteiger partial charge in [-0.25, -0.2) is 14.8 Å². The maximum Gasteiger partial charge on any atom is 0.339 e. The zero-order valence-corrected chi connectivity index (χ0v) is 12.0. The summed E-state index contributed by atoms with van der Waals surface area (Å²) in [6.07, 6.45) is 2.32. The predicted molar refractivity (Wildman–Crippen MR) is 74.6 cm³/mol. The highest BCUT2D eigenvalue weighted by Gasteiger charge is 2.09. The van der Waals surface area contributed by atoms with E-state index in [0.29, 0.717) is 17.7 Å². The molecule has 0 aromatic carbocycles. The van der Waals surface area contributed by atoms with Crippen LogP contribution in [0.25, 0.3) is 0 Å². The Morgan fingerprint density at radius 1 is 1.53 bits per heavy atom. The number of hydrogen-bond acceptors (Lipinski definition) is 5. The molecule has 0 atom stereocenters. The molecule has 1 rings (SSSR count). The normalized spacial score (nSPS) is 11.1. The van der Waals surface area contributed by atoms with E-state index in [-0.39, 0.29) is 5.56 Å². The highest BCUT2D eigenvalue weighted by molar-refractivity contribution is 5.88. The van der Waals surface area contributed by atoms with Gasteiger partial charge in [0, 0.05) is 18.8 Å². The molecule has 0 spiro atoms. The Balaban J connectivity index is 2.42. The van der Waals surface area contributed by atoms with E-state index in [1.807, 2.05) is 0 Å². The van der Waals surface area contributed by atoms with E-state index in [9.17, 15) is 4.79 Å². The van der Waals surface area contributed by atoms with Crippen LogP contribution in [0, 0.1) is 6.92 Å². The lowest BCUT2D eigenvalue weighted by Gasteiger charge is -2.20. The van der Waals surface area contributed by atoms with Crippen molar-refractivity contribution in [2.24, 2.45) is 0 Å². The number of aromatic carboxylic acids is 1. The van der Waals surface area contributed by atoms with Crippen molar-refractivity contribution in [2.75, 3.05) is 25.5 Å². The van der Waals surface area contributed by atoms with E-state index in [4.69, 9.17) is 5.11 Å². The van der Waals surface area contributed by atoms with Gasteiger partial charge in [-0.15, -0.1) is 0 Å². The highest BCUT2D eigenvalue weighted by atomic mass is 16.4. The lowest BCUT2D eigenvalue weighted by molar-refractivity contribution is 0.0695. The topological polar surface area (TPSA) is 78.4 Å². The minimum Gasteiger partial charge on any atom is -0.478 e. The van der Waals surface area contributed by atoms with Crippen molar-refractivity contribution in [2.45, 2.75) is 33.2 Å². The van der Waals surface area contributed by atoms with E-state index in [1.165, 1.54) is 6.20 Å². The van der Waals surface area contributed by atoms with Gasteiger partial charge in [-0.1, -0.05) is 0 Å². The first kappa shape index (κ1) is 15.4. The Labute approximate surface area is 113 Å². The molecule has 0 aliphatic rings. The van der Waals surface area contributed by atoms with Crippen molar-refractivity contribution in [3.05, 3.63) is 17.5 Å². The maximum absolute atomic E-state index is 10.8. The summed E-state index contributed by atoms with van der Waals surface area (Å²) in [6.45, 7) is 7.75. The van der Waals surface area contributed by atoms with Gasteiger partial charge in [0.05, 0.1) is 11.3 Å². The molecular weight excluding hydrogens is 244 g/mol. The molecule has 1 aromatic heterocycles. The average molecular weight is 266 g/mol. The van der Waals surface area contributed by atoms with Gasteiger partial charge < -0.3 is 15.3 Å². The smallest absolute Gasteiger partial charge is 0.339 e. The lowest BCUT2D eigenvalue weighted by Crippen LogP contribution is -2.28. The fourth-order valence-corrected chi connectivity index (χ4v) is 1.55. The van der Waals surface area contributed by atoms with Crippen LogP contribution < -0.4 is 5.32 Å². The quantitative estimate of drug-likeness (QED) is 0.730. The van der Waals surface area contributed by atoms with E-state index < -0.39 is 5.97 Å². The molecule has 0 saturated heterocycles. The highest BCUT2D eigenvalue weighted by Crippen LogP contribution is 2.07. The van der Waals surface area contributed by atoms with Crippen LogP contribution in [0.5, 0.6) is 0 Å². The van der Waals surface area contributed by atoms with Gasteiger partial charge in [0.1, 0.15) is 0 Å². The molecule has 0 unspecified atom stereocenters.